The molecule has 0 radical (unpaired) electrons. The molecule has 2 N–H and O–H groups in total. The third-order valence-corrected chi connectivity index (χ3v) is 6.80. The molecule has 124 valence electrons. The first-order valence-electron chi connectivity index (χ1n) is 7.34. The van der Waals surface area contributed by atoms with Crippen molar-refractivity contribution in [3.63, 3.8) is 0 Å². The second kappa shape index (κ2) is 5.57. The lowest BCUT2D eigenvalue weighted by Gasteiger charge is -2.18. The van der Waals surface area contributed by atoms with Gasteiger partial charge in [-0.25, -0.2) is 8.42 Å². The predicted molar refractivity (Wildman–Crippen MR) is 90.1 cm³/mol. The smallest absolute Gasteiger partial charge is 0.214 e. The highest BCUT2D eigenvalue weighted by Crippen LogP contribution is 2.40. The summed E-state index contributed by atoms with van der Waals surface area (Å²) in [6, 6.07) is 2.89. The second-order valence-corrected chi connectivity index (χ2v) is 7.91. The fourth-order valence-corrected chi connectivity index (χ4v) is 4.84. The van der Waals surface area contributed by atoms with Gasteiger partial charge in [0.15, 0.2) is 0 Å². The van der Waals surface area contributed by atoms with Gasteiger partial charge in [0.1, 0.15) is 21.3 Å². The zero-order valence-corrected chi connectivity index (χ0v) is 15.1. The van der Waals surface area contributed by atoms with Crippen molar-refractivity contribution in [3.8, 4) is 11.5 Å². The SMILES string of the molecule is Cc1cc(O)c(S(=O)(=O)c2c(O)cc(C)c(C)c2C)c(C)c1C. The Balaban J connectivity index is 2.91. The minimum absolute atomic E-state index is 0.137. The normalized spacial score (nSPS) is 11.7. The van der Waals surface area contributed by atoms with Gasteiger partial charge < -0.3 is 10.2 Å². The number of hydrogen-bond donors (Lipinski definition) is 2. The van der Waals surface area contributed by atoms with Gasteiger partial charge >= 0.3 is 0 Å². The number of aromatic hydroxyl groups is 2. The Labute approximate surface area is 137 Å². The molecule has 4 nitrogen and oxygen atoms in total. The van der Waals surface area contributed by atoms with Crippen LogP contribution in [0.25, 0.3) is 0 Å². The van der Waals surface area contributed by atoms with Gasteiger partial charge in [-0.1, -0.05) is 0 Å². The summed E-state index contributed by atoms with van der Waals surface area (Å²) in [4.78, 5) is -0.274. The van der Waals surface area contributed by atoms with E-state index in [9.17, 15) is 18.6 Å². The van der Waals surface area contributed by atoms with E-state index in [2.05, 4.69) is 0 Å². The van der Waals surface area contributed by atoms with E-state index in [1.807, 2.05) is 27.7 Å². The minimum Gasteiger partial charge on any atom is -0.507 e. The minimum atomic E-state index is -4.04. The van der Waals surface area contributed by atoms with Gasteiger partial charge in [-0.3, -0.25) is 0 Å². The standard InChI is InChI=1S/C18H22O4S/c1-9-7-15(19)17(13(5)11(9)3)23(21,22)18-14(6)12(4)10(2)8-16(18)20/h7-8,19-20H,1-6H3. The highest BCUT2D eigenvalue weighted by atomic mass is 32.2. The predicted octanol–water partition coefficient (Wildman–Crippen LogP) is 3.78. The highest BCUT2D eigenvalue weighted by molar-refractivity contribution is 7.91. The molecule has 0 aromatic heterocycles. The Kier molecular flexibility index (Phi) is 4.20. The molecule has 0 aliphatic rings. The van der Waals surface area contributed by atoms with Crippen LogP contribution in [0.15, 0.2) is 21.9 Å². The number of phenols is 2. The summed E-state index contributed by atoms with van der Waals surface area (Å²) < 4.78 is 26.2. The molecule has 2 aromatic carbocycles. The third-order valence-electron chi connectivity index (χ3n) is 4.70. The first-order valence-corrected chi connectivity index (χ1v) is 8.83. The van der Waals surface area contributed by atoms with Crippen LogP contribution in [0.1, 0.15) is 33.4 Å². The van der Waals surface area contributed by atoms with E-state index in [-0.39, 0.29) is 21.3 Å². The van der Waals surface area contributed by atoms with Gasteiger partial charge in [-0.05, 0) is 87.1 Å². The van der Waals surface area contributed by atoms with E-state index in [1.165, 1.54) is 12.1 Å². The Morgan fingerprint density at radius 2 is 0.957 bits per heavy atom. The van der Waals surface area contributed by atoms with Crippen LogP contribution in [-0.2, 0) is 9.84 Å². The molecule has 0 aliphatic heterocycles. The lowest BCUT2D eigenvalue weighted by atomic mass is 10.0. The maximum atomic E-state index is 13.1. The van der Waals surface area contributed by atoms with Crippen LogP contribution in [0, 0.1) is 41.5 Å². The summed E-state index contributed by atoms with van der Waals surface area (Å²) in [6.45, 7) is 10.6. The monoisotopic (exact) mass is 334 g/mol. The average molecular weight is 334 g/mol. The second-order valence-electron chi connectivity index (χ2n) is 6.09. The van der Waals surface area contributed by atoms with Gasteiger partial charge in [0.2, 0.25) is 9.84 Å². The molecule has 0 amide bonds. The molecule has 5 heteroatoms. The van der Waals surface area contributed by atoms with Crippen LogP contribution >= 0.6 is 0 Å². The van der Waals surface area contributed by atoms with Crippen LogP contribution in [0.5, 0.6) is 11.5 Å². The van der Waals surface area contributed by atoms with Crippen molar-refractivity contribution >= 4 is 9.84 Å². The van der Waals surface area contributed by atoms with E-state index in [1.54, 1.807) is 13.8 Å². The zero-order chi connectivity index (χ0) is 17.7. The summed E-state index contributed by atoms with van der Waals surface area (Å²) in [5.41, 5.74) is 4.25. The Hall–Kier alpha value is -2.01. The van der Waals surface area contributed by atoms with Crippen LogP contribution in [-0.4, -0.2) is 18.6 Å². The quantitative estimate of drug-likeness (QED) is 0.876. The maximum absolute atomic E-state index is 13.1. The van der Waals surface area contributed by atoms with E-state index in [0.717, 1.165) is 22.3 Å². The van der Waals surface area contributed by atoms with Crippen LogP contribution in [0.4, 0.5) is 0 Å². The summed E-state index contributed by atoms with van der Waals surface area (Å²) in [6.07, 6.45) is 0. The molecule has 0 saturated heterocycles. The summed E-state index contributed by atoms with van der Waals surface area (Å²) in [5.74, 6) is -0.578. The van der Waals surface area contributed by atoms with Crippen molar-refractivity contribution in [1.82, 2.24) is 0 Å². The largest absolute Gasteiger partial charge is 0.507 e. The van der Waals surface area contributed by atoms with Crippen LogP contribution in [0.2, 0.25) is 0 Å². The molecule has 0 atom stereocenters. The van der Waals surface area contributed by atoms with E-state index < -0.39 is 9.84 Å². The lowest BCUT2D eigenvalue weighted by Crippen LogP contribution is -2.10. The van der Waals surface area contributed by atoms with Crippen molar-refractivity contribution in [2.45, 2.75) is 51.3 Å². The lowest BCUT2D eigenvalue weighted by molar-refractivity contribution is 0.450. The summed E-state index contributed by atoms with van der Waals surface area (Å²) in [7, 11) is -4.04. The third kappa shape index (κ3) is 2.59. The van der Waals surface area contributed by atoms with E-state index >= 15 is 0 Å². The van der Waals surface area contributed by atoms with Gasteiger partial charge in [-0.2, -0.15) is 0 Å². The first kappa shape index (κ1) is 17.3. The molecule has 0 spiro atoms. The first-order chi connectivity index (χ1) is 10.5. The summed E-state index contributed by atoms with van der Waals surface area (Å²) >= 11 is 0. The van der Waals surface area contributed by atoms with Crippen LogP contribution in [0.3, 0.4) is 0 Å². The molecule has 0 bridgehead atoms. The van der Waals surface area contributed by atoms with Crippen molar-refractivity contribution in [1.29, 1.82) is 0 Å². The number of phenolic OH excluding ortho intramolecular Hbond substituents is 2. The molecule has 0 fully saturated rings. The van der Waals surface area contributed by atoms with Crippen molar-refractivity contribution < 1.29 is 18.6 Å². The average Bonchev–Trinajstić information content (AvgIpc) is 2.41. The number of hydrogen-bond acceptors (Lipinski definition) is 4. The number of rotatable bonds is 2. The molecule has 0 saturated carbocycles. The Morgan fingerprint density at radius 1 is 0.652 bits per heavy atom. The van der Waals surface area contributed by atoms with Crippen molar-refractivity contribution in [3.05, 3.63) is 45.5 Å². The number of benzene rings is 2. The van der Waals surface area contributed by atoms with Gasteiger partial charge in [0.05, 0.1) is 0 Å². The van der Waals surface area contributed by atoms with E-state index in [0.29, 0.717) is 11.1 Å². The molecule has 0 aliphatic carbocycles. The highest BCUT2D eigenvalue weighted by Gasteiger charge is 2.30. The molecule has 2 aromatic rings. The Bertz CT molecular complexity index is 840. The maximum Gasteiger partial charge on any atom is 0.214 e. The fraction of sp³-hybridized carbons (Fsp3) is 0.333. The van der Waals surface area contributed by atoms with Gasteiger partial charge in [-0.15, -0.1) is 0 Å². The molecule has 0 heterocycles. The van der Waals surface area contributed by atoms with Crippen molar-refractivity contribution in [2.24, 2.45) is 0 Å². The molecule has 23 heavy (non-hydrogen) atoms. The van der Waals surface area contributed by atoms with Crippen molar-refractivity contribution in [2.75, 3.05) is 0 Å². The van der Waals surface area contributed by atoms with E-state index in [4.69, 9.17) is 0 Å². The summed E-state index contributed by atoms with van der Waals surface area (Å²) in [5, 5.41) is 20.5. The fourth-order valence-electron chi connectivity index (χ4n) is 2.85. The molecule has 0 unspecified atom stereocenters. The van der Waals surface area contributed by atoms with Gasteiger partial charge in [0.25, 0.3) is 0 Å². The topological polar surface area (TPSA) is 74.6 Å². The molecular weight excluding hydrogens is 312 g/mol. The molecule has 2 rings (SSSR count). The zero-order valence-electron chi connectivity index (χ0n) is 14.3. The Morgan fingerprint density at radius 3 is 1.26 bits per heavy atom. The van der Waals surface area contributed by atoms with Gasteiger partial charge in [0, 0.05) is 0 Å². The number of aryl methyl sites for hydroxylation is 2. The number of sulfone groups is 1. The molecular formula is C18H22O4S. The van der Waals surface area contributed by atoms with Crippen LogP contribution < -0.4 is 0 Å².